The van der Waals surface area contributed by atoms with E-state index in [1.165, 1.54) is 0 Å². The fourth-order valence-electron chi connectivity index (χ4n) is 1.09. The van der Waals surface area contributed by atoms with Gasteiger partial charge in [-0.2, -0.15) is 13.2 Å². The average Bonchev–Trinajstić information content (AvgIpc) is 2.22. The second-order valence-electron chi connectivity index (χ2n) is 3.46. The fourth-order valence-corrected chi connectivity index (χ4v) is 1.09. The monoisotopic (exact) mass is 243 g/mol. The molecule has 0 aliphatic heterocycles. The molecule has 4 nitrogen and oxygen atoms in total. The number of rotatable bonds is 5. The van der Waals surface area contributed by atoms with Crippen LogP contribution in [-0.4, -0.2) is 36.1 Å². The van der Waals surface area contributed by atoms with Crippen LogP contribution in [-0.2, 0) is 4.74 Å². The van der Waals surface area contributed by atoms with E-state index in [-0.39, 0.29) is 6.61 Å². The zero-order valence-electron chi connectivity index (χ0n) is 9.23. The third-order valence-corrected chi connectivity index (χ3v) is 2.39. The summed E-state index contributed by atoms with van der Waals surface area (Å²) in [7, 11) is 0. The Morgan fingerprint density at radius 2 is 1.81 bits per heavy atom. The predicted octanol–water partition coefficient (Wildman–Crippen LogP) is 1.83. The lowest BCUT2D eigenvalue weighted by Gasteiger charge is -2.30. The molecule has 16 heavy (non-hydrogen) atoms. The van der Waals surface area contributed by atoms with Gasteiger partial charge in [0.25, 0.3) is 0 Å². The van der Waals surface area contributed by atoms with E-state index in [4.69, 9.17) is 5.11 Å². The molecule has 0 aromatic carbocycles. The van der Waals surface area contributed by atoms with Gasteiger partial charge in [-0.15, -0.1) is 0 Å². The molecular formula is C9H16F3NO3. The second-order valence-corrected chi connectivity index (χ2v) is 3.46. The quantitative estimate of drug-likeness (QED) is 0.774. The van der Waals surface area contributed by atoms with E-state index in [9.17, 15) is 18.0 Å². The molecule has 0 rings (SSSR count). The van der Waals surface area contributed by atoms with Crippen molar-refractivity contribution in [1.82, 2.24) is 5.32 Å². The zero-order valence-corrected chi connectivity index (χ0v) is 9.23. The molecule has 0 spiro atoms. The molecule has 0 fully saturated rings. The lowest BCUT2D eigenvalue weighted by atomic mass is 9.94. The molecule has 96 valence electrons. The predicted molar refractivity (Wildman–Crippen MR) is 50.9 cm³/mol. The number of aliphatic hydroxyl groups excluding tert-OH is 1. The first kappa shape index (κ1) is 15.0. The van der Waals surface area contributed by atoms with Crippen LogP contribution in [0.2, 0.25) is 0 Å². The van der Waals surface area contributed by atoms with E-state index in [0.29, 0.717) is 12.8 Å². The standard InChI is InChI=1S/C9H16F3NO3/c1-3-8(4-2,5-14)13-7(15)16-6-9(10,11)12/h14H,3-6H2,1-2H3,(H,13,15). The summed E-state index contributed by atoms with van der Waals surface area (Å²) in [5.41, 5.74) is -0.914. The summed E-state index contributed by atoms with van der Waals surface area (Å²) in [6.45, 7) is 1.45. The van der Waals surface area contributed by atoms with Gasteiger partial charge in [0.2, 0.25) is 0 Å². The summed E-state index contributed by atoms with van der Waals surface area (Å²) in [4.78, 5) is 11.0. The number of carbonyl (C=O) groups excluding carboxylic acids is 1. The molecule has 7 heteroatoms. The summed E-state index contributed by atoms with van der Waals surface area (Å²) in [6, 6.07) is 0. The smallest absolute Gasteiger partial charge is 0.422 e. The molecule has 0 aliphatic rings. The van der Waals surface area contributed by atoms with Crippen LogP contribution in [0.25, 0.3) is 0 Å². The first-order valence-electron chi connectivity index (χ1n) is 4.91. The minimum absolute atomic E-state index is 0.346. The highest BCUT2D eigenvalue weighted by Gasteiger charge is 2.32. The zero-order chi connectivity index (χ0) is 12.8. The fraction of sp³-hybridized carbons (Fsp3) is 0.889. The summed E-state index contributed by atoms with van der Waals surface area (Å²) in [5, 5.41) is 11.3. The molecule has 0 aromatic rings. The second kappa shape index (κ2) is 5.93. The van der Waals surface area contributed by atoms with E-state index in [2.05, 4.69) is 10.1 Å². The Bertz CT molecular complexity index is 218. The average molecular weight is 243 g/mol. The molecule has 0 saturated heterocycles. The SMILES string of the molecule is CCC(CC)(CO)NC(=O)OCC(F)(F)F. The van der Waals surface area contributed by atoms with Crippen LogP contribution in [0.5, 0.6) is 0 Å². The van der Waals surface area contributed by atoms with Crippen LogP contribution in [0.4, 0.5) is 18.0 Å². The summed E-state index contributed by atoms with van der Waals surface area (Å²) < 4.78 is 39.2. The van der Waals surface area contributed by atoms with Gasteiger partial charge in [-0.3, -0.25) is 0 Å². The molecule has 2 N–H and O–H groups in total. The van der Waals surface area contributed by atoms with Crippen molar-refractivity contribution in [2.75, 3.05) is 13.2 Å². The first-order chi connectivity index (χ1) is 7.28. The van der Waals surface area contributed by atoms with Gasteiger partial charge in [0.05, 0.1) is 12.1 Å². The first-order valence-corrected chi connectivity index (χ1v) is 4.91. The van der Waals surface area contributed by atoms with E-state index in [0.717, 1.165) is 0 Å². The van der Waals surface area contributed by atoms with Gasteiger partial charge < -0.3 is 15.2 Å². The number of ether oxygens (including phenoxy) is 1. The Morgan fingerprint density at radius 3 is 2.12 bits per heavy atom. The van der Waals surface area contributed by atoms with Gasteiger partial charge in [0, 0.05) is 0 Å². The molecule has 0 saturated carbocycles. The Labute approximate surface area is 91.8 Å². The third-order valence-electron chi connectivity index (χ3n) is 2.39. The van der Waals surface area contributed by atoms with Crippen LogP contribution in [0.3, 0.4) is 0 Å². The Balaban J connectivity index is 4.21. The van der Waals surface area contributed by atoms with E-state index in [1.807, 2.05) is 0 Å². The summed E-state index contributed by atoms with van der Waals surface area (Å²) >= 11 is 0. The number of carbonyl (C=O) groups is 1. The highest BCUT2D eigenvalue weighted by molar-refractivity contribution is 5.68. The minimum Gasteiger partial charge on any atom is -0.440 e. The number of alkyl carbamates (subject to hydrolysis) is 1. The number of hydrogen-bond donors (Lipinski definition) is 2. The minimum atomic E-state index is -4.54. The number of hydrogen-bond acceptors (Lipinski definition) is 3. The lowest BCUT2D eigenvalue weighted by molar-refractivity contribution is -0.160. The molecule has 0 aromatic heterocycles. The Morgan fingerprint density at radius 1 is 1.31 bits per heavy atom. The summed E-state index contributed by atoms with van der Waals surface area (Å²) in [6.07, 6.45) is -4.91. The summed E-state index contributed by atoms with van der Waals surface area (Å²) in [5.74, 6) is 0. The normalized spacial score (nSPS) is 12.4. The largest absolute Gasteiger partial charge is 0.440 e. The van der Waals surface area contributed by atoms with Gasteiger partial charge in [0.15, 0.2) is 6.61 Å². The van der Waals surface area contributed by atoms with E-state index >= 15 is 0 Å². The molecule has 0 atom stereocenters. The van der Waals surface area contributed by atoms with Gasteiger partial charge in [-0.25, -0.2) is 4.79 Å². The van der Waals surface area contributed by atoms with Crippen molar-refractivity contribution in [3.8, 4) is 0 Å². The number of nitrogens with one attached hydrogen (secondary N) is 1. The number of halogens is 3. The number of alkyl halides is 3. The third kappa shape index (κ3) is 5.20. The molecule has 0 unspecified atom stereocenters. The van der Waals surface area contributed by atoms with Gasteiger partial charge in [-0.1, -0.05) is 13.8 Å². The van der Waals surface area contributed by atoms with Crippen LogP contribution in [0.1, 0.15) is 26.7 Å². The maximum absolute atomic E-state index is 11.7. The number of aliphatic hydroxyl groups is 1. The van der Waals surface area contributed by atoms with Crippen molar-refractivity contribution in [2.24, 2.45) is 0 Å². The van der Waals surface area contributed by atoms with Crippen molar-refractivity contribution in [3.63, 3.8) is 0 Å². The molecule has 1 amide bonds. The topological polar surface area (TPSA) is 58.6 Å². The maximum atomic E-state index is 11.7. The van der Waals surface area contributed by atoms with Crippen LogP contribution in [0.15, 0.2) is 0 Å². The van der Waals surface area contributed by atoms with Crippen molar-refractivity contribution < 1.29 is 27.8 Å². The Kier molecular flexibility index (Phi) is 5.57. The van der Waals surface area contributed by atoms with Gasteiger partial charge in [0.1, 0.15) is 0 Å². The lowest BCUT2D eigenvalue weighted by Crippen LogP contribution is -2.51. The number of amides is 1. The van der Waals surface area contributed by atoms with Gasteiger partial charge in [-0.05, 0) is 12.8 Å². The van der Waals surface area contributed by atoms with Crippen LogP contribution < -0.4 is 5.32 Å². The molecule has 0 aliphatic carbocycles. The van der Waals surface area contributed by atoms with Crippen molar-refractivity contribution in [1.29, 1.82) is 0 Å². The Hall–Kier alpha value is -0.980. The van der Waals surface area contributed by atoms with Crippen molar-refractivity contribution >= 4 is 6.09 Å². The van der Waals surface area contributed by atoms with Crippen molar-refractivity contribution in [3.05, 3.63) is 0 Å². The maximum Gasteiger partial charge on any atom is 0.422 e. The highest BCUT2D eigenvalue weighted by Crippen LogP contribution is 2.16. The molecule has 0 bridgehead atoms. The molecule has 0 radical (unpaired) electrons. The highest BCUT2D eigenvalue weighted by atomic mass is 19.4. The van der Waals surface area contributed by atoms with Crippen LogP contribution in [0, 0.1) is 0 Å². The van der Waals surface area contributed by atoms with E-state index < -0.39 is 24.4 Å². The van der Waals surface area contributed by atoms with E-state index in [1.54, 1.807) is 13.8 Å². The van der Waals surface area contributed by atoms with Crippen LogP contribution >= 0.6 is 0 Å². The van der Waals surface area contributed by atoms with Crippen molar-refractivity contribution in [2.45, 2.75) is 38.4 Å². The molecule has 0 heterocycles. The molecular weight excluding hydrogens is 227 g/mol. The van der Waals surface area contributed by atoms with Gasteiger partial charge >= 0.3 is 12.3 Å².